The summed E-state index contributed by atoms with van der Waals surface area (Å²) in [6.45, 7) is 5.09. The molecule has 0 spiro atoms. The summed E-state index contributed by atoms with van der Waals surface area (Å²) >= 11 is 1.87. The molecule has 0 atom stereocenters. The van der Waals surface area contributed by atoms with Crippen LogP contribution in [0.5, 0.6) is 0 Å². The number of aryl methyl sites for hydroxylation is 1. The molecule has 1 aromatic rings. The van der Waals surface area contributed by atoms with Gasteiger partial charge >= 0.3 is 0 Å². The SMILES string of the molecule is CCSCc1nc(C)cc(CNC2CC2)n1. The van der Waals surface area contributed by atoms with Crippen molar-refractivity contribution in [3.8, 4) is 0 Å². The first-order valence-corrected chi connectivity index (χ1v) is 7.08. The summed E-state index contributed by atoms with van der Waals surface area (Å²) in [6.07, 6.45) is 2.64. The van der Waals surface area contributed by atoms with Gasteiger partial charge in [0.1, 0.15) is 5.82 Å². The van der Waals surface area contributed by atoms with Gasteiger partial charge in [-0.1, -0.05) is 6.92 Å². The Labute approximate surface area is 101 Å². The molecule has 0 saturated heterocycles. The standard InChI is InChI=1S/C12H19N3S/c1-3-16-8-12-14-9(2)6-11(15-12)7-13-10-4-5-10/h6,10,13H,3-5,7-8H2,1-2H3. The van der Waals surface area contributed by atoms with Gasteiger partial charge < -0.3 is 5.32 Å². The van der Waals surface area contributed by atoms with Crippen molar-refractivity contribution >= 4 is 11.8 Å². The second-order valence-corrected chi connectivity index (χ2v) is 5.48. The minimum absolute atomic E-state index is 0.740. The third-order valence-corrected chi connectivity index (χ3v) is 3.41. The first-order valence-electron chi connectivity index (χ1n) is 5.92. The smallest absolute Gasteiger partial charge is 0.138 e. The molecule has 0 amide bonds. The average molecular weight is 237 g/mol. The van der Waals surface area contributed by atoms with Crippen molar-refractivity contribution in [2.75, 3.05) is 5.75 Å². The molecule has 3 nitrogen and oxygen atoms in total. The van der Waals surface area contributed by atoms with Crippen LogP contribution in [0.25, 0.3) is 0 Å². The maximum atomic E-state index is 4.58. The third-order valence-electron chi connectivity index (χ3n) is 2.54. The maximum absolute atomic E-state index is 4.58. The zero-order chi connectivity index (χ0) is 11.4. The molecule has 4 heteroatoms. The molecule has 1 saturated carbocycles. The van der Waals surface area contributed by atoms with Crippen molar-refractivity contribution < 1.29 is 0 Å². The number of hydrogen-bond acceptors (Lipinski definition) is 4. The van der Waals surface area contributed by atoms with Crippen LogP contribution in [-0.2, 0) is 12.3 Å². The Morgan fingerprint density at radius 3 is 2.94 bits per heavy atom. The number of aromatic nitrogens is 2. The molecule has 1 aromatic heterocycles. The van der Waals surface area contributed by atoms with E-state index in [0.29, 0.717) is 0 Å². The average Bonchev–Trinajstić information content (AvgIpc) is 3.07. The van der Waals surface area contributed by atoms with Gasteiger partial charge in [0.15, 0.2) is 0 Å². The van der Waals surface area contributed by atoms with E-state index < -0.39 is 0 Å². The van der Waals surface area contributed by atoms with Gasteiger partial charge in [-0.05, 0) is 31.6 Å². The van der Waals surface area contributed by atoms with Crippen LogP contribution in [0.4, 0.5) is 0 Å². The first-order chi connectivity index (χ1) is 7.78. The molecule has 1 aliphatic rings. The number of nitrogens with zero attached hydrogens (tertiary/aromatic N) is 2. The van der Waals surface area contributed by atoms with E-state index in [1.54, 1.807) is 0 Å². The van der Waals surface area contributed by atoms with E-state index in [0.717, 1.165) is 41.3 Å². The monoisotopic (exact) mass is 237 g/mol. The van der Waals surface area contributed by atoms with Crippen LogP contribution in [0, 0.1) is 6.92 Å². The lowest BCUT2D eigenvalue weighted by Gasteiger charge is -2.06. The Bertz CT molecular complexity index is 350. The molecular weight excluding hydrogens is 218 g/mol. The Morgan fingerprint density at radius 2 is 2.25 bits per heavy atom. The van der Waals surface area contributed by atoms with Crippen LogP contribution >= 0.6 is 11.8 Å². The molecule has 0 aliphatic heterocycles. The second-order valence-electron chi connectivity index (χ2n) is 4.21. The maximum Gasteiger partial charge on any atom is 0.138 e. The minimum Gasteiger partial charge on any atom is -0.308 e. The van der Waals surface area contributed by atoms with E-state index in [9.17, 15) is 0 Å². The van der Waals surface area contributed by atoms with Crippen molar-refractivity contribution in [2.45, 2.75) is 45.0 Å². The zero-order valence-corrected chi connectivity index (χ0v) is 10.8. The molecule has 0 unspecified atom stereocenters. The van der Waals surface area contributed by atoms with Crippen molar-refractivity contribution in [1.29, 1.82) is 0 Å². The Kier molecular flexibility index (Phi) is 4.18. The highest BCUT2D eigenvalue weighted by Crippen LogP contribution is 2.19. The lowest BCUT2D eigenvalue weighted by molar-refractivity contribution is 0.668. The van der Waals surface area contributed by atoms with Gasteiger partial charge in [0.05, 0.1) is 11.4 Å². The Hall–Kier alpha value is -0.610. The summed E-state index contributed by atoms with van der Waals surface area (Å²) in [5.74, 6) is 3.01. The molecular formula is C12H19N3S. The quantitative estimate of drug-likeness (QED) is 0.824. The Balaban J connectivity index is 1.96. The highest BCUT2D eigenvalue weighted by atomic mass is 32.2. The fourth-order valence-corrected chi connectivity index (χ4v) is 2.10. The predicted molar refractivity (Wildman–Crippen MR) is 68.5 cm³/mol. The molecule has 0 aromatic carbocycles. The molecule has 88 valence electrons. The lowest BCUT2D eigenvalue weighted by Crippen LogP contribution is -2.17. The van der Waals surface area contributed by atoms with Crippen molar-refractivity contribution in [3.63, 3.8) is 0 Å². The van der Waals surface area contributed by atoms with Crippen molar-refractivity contribution in [1.82, 2.24) is 15.3 Å². The highest BCUT2D eigenvalue weighted by molar-refractivity contribution is 7.98. The van der Waals surface area contributed by atoms with E-state index in [2.05, 4.69) is 28.3 Å². The normalized spacial score (nSPS) is 15.4. The number of rotatable bonds is 6. The number of nitrogens with one attached hydrogen (secondary N) is 1. The third kappa shape index (κ3) is 3.76. The summed E-state index contributed by atoms with van der Waals surface area (Å²) in [5, 5.41) is 3.49. The van der Waals surface area contributed by atoms with Gasteiger partial charge in [-0.15, -0.1) is 0 Å². The van der Waals surface area contributed by atoms with E-state index in [4.69, 9.17) is 0 Å². The molecule has 0 bridgehead atoms. The number of thioether (sulfide) groups is 1. The van der Waals surface area contributed by atoms with Crippen LogP contribution in [0.15, 0.2) is 6.07 Å². The van der Waals surface area contributed by atoms with Crippen LogP contribution in [0.2, 0.25) is 0 Å². The highest BCUT2D eigenvalue weighted by Gasteiger charge is 2.20. The van der Waals surface area contributed by atoms with Crippen molar-refractivity contribution in [2.24, 2.45) is 0 Å². The van der Waals surface area contributed by atoms with E-state index >= 15 is 0 Å². The summed E-state index contributed by atoms with van der Waals surface area (Å²) in [6, 6.07) is 2.82. The van der Waals surface area contributed by atoms with Gasteiger partial charge in [0, 0.05) is 18.3 Å². The van der Waals surface area contributed by atoms with E-state index in [1.165, 1.54) is 12.8 Å². The van der Waals surface area contributed by atoms with Crippen LogP contribution < -0.4 is 5.32 Å². The van der Waals surface area contributed by atoms with Gasteiger partial charge in [-0.3, -0.25) is 0 Å². The predicted octanol–water partition coefficient (Wildman–Crippen LogP) is 2.29. The molecule has 1 fully saturated rings. The van der Waals surface area contributed by atoms with Crippen LogP contribution in [0.3, 0.4) is 0 Å². The van der Waals surface area contributed by atoms with Gasteiger partial charge in [0.2, 0.25) is 0 Å². The summed E-state index contributed by atoms with van der Waals surface area (Å²) < 4.78 is 0. The Morgan fingerprint density at radius 1 is 1.44 bits per heavy atom. The van der Waals surface area contributed by atoms with E-state index in [1.807, 2.05) is 18.7 Å². The van der Waals surface area contributed by atoms with Crippen LogP contribution in [-0.4, -0.2) is 21.8 Å². The lowest BCUT2D eigenvalue weighted by atomic mass is 10.3. The first kappa shape index (κ1) is 11.9. The molecule has 1 heterocycles. The number of hydrogen-bond donors (Lipinski definition) is 1. The summed E-state index contributed by atoms with van der Waals surface area (Å²) in [5.41, 5.74) is 2.21. The van der Waals surface area contributed by atoms with Crippen LogP contribution in [0.1, 0.15) is 37.0 Å². The van der Waals surface area contributed by atoms with E-state index in [-0.39, 0.29) is 0 Å². The fraction of sp³-hybridized carbons (Fsp3) is 0.667. The molecule has 1 aliphatic carbocycles. The second kappa shape index (κ2) is 5.64. The summed E-state index contributed by atoms with van der Waals surface area (Å²) in [7, 11) is 0. The zero-order valence-electron chi connectivity index (χ0n) is 9.99. The molecule has 16 heavy (non-hydrogen) atoms. The van der Waals surface area contributed by atoms with Gasteiger partial charge in [-0.2, -0.15) is 11.8 Å². The topological polar surface area (TPSA) is 37.8 Å². The minimum atomic E-state index is 0.740. The molecule has 2 rings (SSSR count). The van der Waals surface area contributed by atoms with Gasteiger partial charge in [0.25, 0.3) is 0 Å². The molecule has 1 N–H and O–H groups in total. The van der Waals surface area contributed by atoms with Crippen molar-refractivity contribution in [3.05, 3.63) is 23.3 Å². The fourth-order valence-electron chi connectivity index (χ4n) is 1.58. The largest absolute Gasteiger partial charge is 0.308 e. The summed E-state index contributed by atoms with van der Waals surface area (Å²) in [4.78, 5) is 9.03. The molecule has 0 radical (unpaired) electrons. The van der Waals surface area contributed by atoms with Gasteiger partial charge in [-0.25, -0.2) is 9.97 Å².